The van der Waals surface area contributed by atoms with Gasteiger partial charge in [-0.05, 0) is 24.6 Å². The lowest BCUT2D eigenvalue weighted by molar-refractivity contribution is 0.594. The number of hydrogen-bond donors (Lipinski definition) is 1. The number of nitrogens with one attached hydrogen (secondary N) is 1. The Hall–Kier alpha value is -2.46. The molecule has 4 nitrogen and oxygen atoms in total. The van der Waals surface area contributed by atoms with Crippen LogP contribution in [-0.4, -0.2) is 16.1 Å². The van der Waals surface area contributed by atoms with Crippen LogP contribution in [0, 0.1) is 6.92 Å². The van der Waals surface area contributed by atoms with Crippen molar-refractivity contribution in [1.82, 2.24) is 14.9 Å². The van der Waals surface area contributed by atoms with Crippen molar-refractivity contribution >= 4 is 11.0 Å². The monoisotopic (exact) mass is 293 g/mol. The van der Waals surface area contributed by atoms with E-state index in [2.05, 4.69) is 22.4 Å². The van der Waals surface area contributed by atoms with Crippen molar-refractivity contribution in [2.75, 3.05) is 6.54 Å². The van der Waals surface area contributed by atoms with E-state index in [0.717, 1.165) is 24.1 Å². The van der Waals surface area contributed by atoms with Crippen LogP contribution in [0.3, 0.4) is 0 Å². The maximum absolute atomic E-state index is 12.3. The second-order valence-corrected chi connectivity index (χ2v) is 5.31. The summed E-state index contributed by atoms with van der Waals surface area (Å²) in [4.78, 5) is 16.7. The van der Waals surface area contributed by atoms with Crippen LogP contribution < -0.4 is 10.9 Å². The topological polar surface area (TPSA) is 46.9 Å². The van der Waals surface area contributed by atoms with Gasteiger partial charge in [0.25, 0.3) is 5.56 Å². The van der Waals surface area contributed by atoms with E-state index in [9.17, 15) is 4.79 Å². The summed E-state index contributed by atoms with van der Waals surface area (Å²) in [6.45, 7) is 3.94. The SMILES string of the molecule is Cc1nc2ccccc2n(CCNCc2ccccc2)c1=O. The molecule has 0 saturated carbocycles. The summed E-state index contributed by atoms with van der Waals surface area (Å²) in [6, 6.07) is 18.0. The molecule has 1 N–H and O–H groups in total. The molecule has 4 heteroatoms. The van der Waals surface area contributed by atoms with Crippen LogP contribution in [-0.2, 0) is 13.1 Å². The first-order chi connectivity index (χ1) is 10.8. The van der Waals surface area contributed by atoms with E-state index in [1.54, 1.807) is 11.5 Å². The van der Waals surface area contributed by atoms with Crippen molar-refractivity contribution in [2.24, 2.45) is 0 Å². The highest BCUT2D eigenvalue weighted by molar-refractivity contribution is 5.74. The molecule has 0 aliphatic heterocycles. The van der Waals surface area contributed by atoms with Crippen molar-refractivity contribution in [1.29, 1.82) is 0 Å². The molecule has 0 saturated heterocycles. The van der Waals surface area contributed by atoms with Crippen LogP contribution in [0.15, 0.2) is 59.4 Å². The standard InChI is InChI=1S/C18H19N3O/c1-14-18(22)21(17-10-6-5-9-16(17)20-14)12-11-19-13-15-7-3-2-4-8-15/h2-10,19H,11-13H2,1H3. The van der Waals surface area contributed by atoms with Crippen LogP contribution in [0.1, 0.15) is 11.3 Å². The summed E-state index contributed by atoms with van der Waals surface area (Å²) in [7, 11) is 0. The Morgan fingerprint density at radius 3 is 2.59 bits per heavy atom. The highest BCUT2D eigenvalue weighted by Gasteiger charge is 2.06. The molecular formula is C18H19N3O. The van der Waals surface area contributed by atoms with Crippen molar-refractivity contribution in [2.45, 2.75) is 20.0 Å². The number of para-hydroxylation sites is 2. The van der Waals surface area contributed by atoms with Gasteiger partial charge in [0.05, 0.1) is 11.0 Å². The second kappa shape index (κ2) is 6.54. The summed E-state index contributed by atoms with van der Waals surface area (Å²) >= 11 is 0. The normalized spacial score (nSPS) is 11.0. The molecule has 0 unspecified atom stereocenters. The number of hydrogen-bond acceptors (Lipinski definition) is 3. The minimum Gasteiger partial charge on any atom is -0.311 e. The van der Waals surface area contributed by atoms with Gasteiger partial charge in [-0.25, -0.2) is 4.98 Å². The smallest absolute Gasteiger partial charge is 0.272 e. The molecule has 22 heavy (non-hydrogen) atoms. The van der Waals surface area contributed by atoms with E-state index in [-0.39, 0.29) is 5.56 Å². The van der Waals surface area contributed by atoms with Crippen molar-refractivity contribution in [3.63, 3.8) is 0 Å². The summed E-state index contributed by atoms with van der Waals surface area (Å²) in [5.41, 5.74) is 3.52. The van der Waals surface area contributed by atoms with Gasteiger partial charge in [-0.2, -0.15) is 0 Å². The van der Waals surface area contributed by atoms with E-state index < -0.39 is 0 Å². The van der Waals surface area contributed by atoms with E-state index in [0.29, 0.717) is 12.2 Å². The minimum atomic E-state index is -0.0137. The Kier molecular flexibility index (Phi) is 4.30. The first-order valence-electron chi connectivity index (χ1n) is 7.46. The van der Waals surface area contributed by atoms with Crippen LogP contribution in [0.4, 0.5) is 0 Å². The zero-order chi connectivity index (χ0) is 15.4. The van der Waals surface area contributed by atoms with Gasteiger partial charge in [0.15, 0.2) is 0 Å². The summed E-state index contributed by atoms with van der Waals surface area (Å²) < 4.78 is 1.80. The number of aryl methyl sites for hydroxylation is 1. The second-order valence-electron chi connectivity index (χ2n) is 5.31. The molecule has 3 aromatic rings. The molecule has 1 heterocycles. The van der Waals surface area contributed by atoms with Crippen molar-refractivity contribution < 1.29 is 0 Å². The molecular weight excluding hydrogens is 274 g/mol. The highest BCUT2D eigenvalue weighted by Crippen LogP contribution is 2.09. The van der Waals surface area contributed by atoms with E-state index in [1.165, 1.54) is 5.56 Å². The zero-order valence-electron chi connectivity index (χ0n) is 12.6. The van der Waals surface area contributed by atoms with Crippen molar-refractivity contribution in [3.05, 3.63) is 76.2 Å². The molecule has 112 valence electrons. The van der Waals surface area contributed by atoms with Gasteiger partial charge in [0, 0.05) is 19.6 Å². The number of fused-ring (bicyclic) bond motifs is 1. The third-order valence-electron chi connectivity index (χ3n) is 3.70. The van der Waals surface area contributed by atoms with E-state index >= 15 is 0 Å². The maximum Gasteiger partial charge on any atom is 0.272 e. The van der Waals surface area contributed by atoms with Gasteiger partial charge < -0.3 is 9.88 Å². The molecule has 0 atom stereocenters. The largest absolute Gasteiger partial charge is 0.311 e. The molecule has 0 bridgehead atoms. The average Bonchev–Trinajstić information content (AvgIpc) is 2.55. The van der Waals surface area contributed by atoms with Crippen LogP contribution in [0.2, 0.25) is 0 Å². The molecule has 3 rings (SSSR count). The molecule has 0 aliphatic rings. The zero-order valence-corrected chi connectivity index (χ0v) is 12.6. The lowest BCUT2D eigenvalue weighted by Crippen LogP contribution is -2.29. The number of nitrogens with zero attached hydrogens (tertiary/aromatic N) is 2. The van der Waals surface area contributed by atoms with Gasteiger partial charge in [0.1, 0.15) is 5.69 Å². The third-order valence-corrected chi connectivity index (χ3v) is 3.70. The molecule has 0 radical (unpaired) electrons. The fourth-order valence-electron chi connectivity index (χ4n) is 2.56. The van der Waals surface area contributed by atoms with Gasteiger partial charge in [-0.15, -0.1) is 0 Å². The molecule has 1 aromatic heterocycles. The first-order valence-corrected chi connectivity index (χ1v) is 7.46. The van der Waals surface area contributed by atoms with Crippen LogP contribution in [0.25, 0.3) is 11.0 Å². The Bertz CT molecular complexity index is 825. The predicted molar refractivity (Wildman–Crippen MR) is 88.9 cm³/mol. The lowest BCUT2D eigenvalue weighted by atomic mass is 10.2. The summed E-state index contributed by atoms with van der Waals surface area (Å²) in [5.74, 6) is 0. The molecule has 0 aliphatic carbocycles. The Morgan fingerprint density at radius 1 is 1.05 bits per heavy atom. The fourth-order valence-corrected chi connectivity index (χ4v) is 2.56. The lowest BCUT2D eigenvalue weighted by Gasteiger charge is -2.11. The maximum atomic E-state index is 12.3. The number of benzene rings is 2. The third kappa shape index (κ3) is 3.07. The summed E-state index contributed by atoms with van der Waals surface area (Å²) in [5, 5.41) is 3.38. The highest BCUT2D eigenvalue weighted by atomic mass is 16.1. The predicted octanol–water partition coefficient (Wildman–Crippen LogP) is 2.49. The summed E-state index contributed by atoms with van der Waals surface area (Å²) in [6.07, 6.45) is 0. The molecule has 0 spiro atoms. The van der Waals surface area contributed by atoms with Crippen molar-refractivity contribution in [3.8, 4) is 0 Å². The Labute approximate surface area is 129 Å². The van der Waals surface area contributed by atoms with Crippen LogP contribution >= 0.6 is 0 Å². The van der Waals surface area contributed by atoms with E-state index in [4.69, 9.17) is 0 Å². The minimum absolute atomic E-state index is 0.0137. The average molecular weight is 293 g/mol. The first kappa shape index (κ1) is 14.5. The Morgan fingerprint density at radius 2 is 1.77 bits per heavy atom. The van der Waals surface area contributed by atoms with Gasteiger partial charge in [-0.3, -0.25) is 4.79 Å². The Balaban J connectivity index is 1.74. The van der Waals surface area contributed by atoms with Gasteiger partial charge in [0.2, 0.25) is 0 Å². The van der Waals surface area contributed by atoms with Crippen LogP contribution in [0.5, 0.6) is 0 Å². The number of aromatic nitrogens is 2. The quantitative estimate of drug-likeness (QED) is 0.735. The van der Waals surface area contributed by atoms with Gasteiger partial charge >= 0.3 is 0 Å². The fraction of sp³-hybridized carbons (Fsp3) is 0.222. The van der Waals surface area contributed by atoms with Gasteiger partial charge in [-0.1, -0.05) is 42.5 Å². The van der Waals surface area contributed by atoms with E-state index in [1.807, 2.05) is 42.5 Å². The molecule has 0 amide bonds. The molecule has 2 aromatic carbocycles. The number of rotatable bonds is 5. The molecule has 0 fully saturated rings.